The molecule has 8 aromatic rings. The molecular weight excluding hydrogens is 749 g/mol. The number of nitrogens with zero attached hydrogens (tertiary/aromatic N) is 2. The Morgan fingerprint density at radius 3 is 1.23 bits per heavy atom. The molecule has 0 aliphatic rings. The molecule has 0 radical (unpaired) electrons. The van der Waals surface area contributed by atoms with Gasteiger partial charge in [-0.1, -0.05) is 84.9 Å². The number of aromatic nitrogens is 2. The number of hydrogen-bond acceptors (Lipinski definition) is 4. The smallest absolute Gasteiger partial charge is 0.267 e. The second kappa shape index (κ2) is 17.4. The van der Waals surface area contributed by atoms with E-state index < -0.39 is 23.6 Å². The number of rotatable bonds is 13. The summed E-state index contributed by atoms with van der Waals surface area (Å²) >= 11 is 0. The van der Waals surface area contributed by atoms with Crippen molar-refractivity contribution >= 4 is 79.4 Å². The summed E-state index contributed by atoms with van der Waals surface area (Å²) in [6.45, 7) is 0.599. The summed E-state index contributed by atoms with van der Waals surface area (Å²) in [6.07, 6.45) is 4.46. The summed E-state index contributed by atoms with van der Waals surface area (Å²) in [6, 6.07) is 45.7. The van der Waals surface area contributed by atoms with Crippen LogP contribution in [0, 0.1) is 0 Å². The fraction of sp³-hybridized carbons (Fsp3) is 0.120. The zero-order chi connectivity index (χ0) is 41.6. The zero-order valence-corrected chi connectivity index (χ0v) is 33.4. The first kappa shape index (κ1) is 39.1. The van der Waals surface area contributed by atoms with Gasteiger partial charge in [-0.25, -0.2) is 0 Å². The van der Waals surface area contributed by atoms with Crippen LogP contribution in [0.4, 0.5) is 0 Å². The molecule has 0 bridgehead atoms. The average molecular weight is 793 g/mol. The first-order valence-electron chi connectivity index (χ1n) is 19.9. The average Bonchev–Trinajstić information content (AvgIpc) is 3.73. The van der Waals surface area contributed by atoms with Crippen molar-refractivity contribution < 1.29 is 19.2 Å². The molecule has 2 aromatic heterocycles. The number of unbranched alkanes of at least 4 members (excludes halogenated alkanes) is 1. The fourth-order valence-electron chi connectivity index (χ4n) is 7.61. The molecule has 60 heavy (non-hydrogen) atoms. The van der Waals surface area contributed by atoms with Crippen LogP contribution in [0.3, 0.4) is 0 Å². The van der Waals surface area contributed by atoms with E-state index in [1.807, 2.05) is 86.9 Å². The van der Waals surface area contributed by atoms with Crippen molar-refractivity contribution in [1.82, 2.24) is 30.4 Å². The maximum atomic E-state index is 13.7. The van der Waals surface area contributed by atoms with E-state index in [4.69, 9.17) is 0 Å². The van der Waals surface area contributed by atoms with Gasteiger partial charge in [0.05, 0.1) is 0 Å². The Hall–Kier alpha value is -7.72. The van der Waals surface area contributed by atoms with E-state index in [2.05, 4.69) is 54.7 Å². The van der Waals surface area contributed by atoms with Crippen molar-refractivity contribution in [2.75, 3.05) is 13.1 Å². The number of fused-ring (bicyclic) bond motifs is 6. The van der Waals surface area contributed by atoms with E-state index in [1.165, 1.54) is 0 Å². The molecule has 0 unspecified atom stereocenters. The minimum atomic E-state index is -0.432. The van der Waals surface area contributed by atoms with Crippen LogP contribution in [-0.4, -0.2) is 45.9 Å². The van der Waals surface area contributed by atoms with Crippen molar-refractivity contribution in [3.63, 3.8) is 0 Å². The van der Waals surface area contributed by atoms with Gasteiger partial charge in [0.15, 0.2) is 0 Å². The van der Waals surface area contributed by atoms with Crippen LogP contribution in [0.5, 0.6) is 0 Å². The fourth-order valence-corrected chi connectivity index (χ4v) is 7.61. The quantitative estimate of drug-likeness (QED) is 0.0694. The molecular formula is C50H44N6O4. The highest BCUT2D eigenvalue weighted by Gasteiger charge is 2.18. The van der Waals surface area contributed by atoms with Crippen LogP contribution < -0.4 is 21.3 Å². The lowest BCUT2D eigenvalue weighted by Gasteiger charge is -2.13. The van der Waals surface area contributed by atoms with Gasteiger partial charge in [0.2, 0.25) is 0 Å². The lowest BCUT2D eigenvalue weighted by molar-refractivity contribution is -0.118. The van der Waals surface area contributed by atoms with Gasteiger partial charge in [-0.15, -0.1) is 0 Å². The van der Waals surface area contributed by atoms with Gasteiger partial charge < -0.3 is 30.4 Å². The van der Waals surface area contributed by atoms with Gasteiger partial charge in [0.1, 0.15) is 11.4 Å². The van der Waals surface area contributed by atoms with E-state index in [9.17, 15) is 19.2 Å². The number of para-hydroxylation sites is 2. The van der Waals surface area contributed by atoms with Crippen LogP contribution in [0.1, 0.15) is 44.7 Å². The minimum absolute atomic E-state index is 0.113. The number of aryl methyl sites for hydroxylation is 2. The first-order valence-corrected chi connectivity index (χ1v) is 19.9. The number of hydrogen-bond donors (Lipinski definition) is 4. The minimum Gasteiger partial charge on any atom is -0.351 e. The molecule has 0 aliphatic heterocycles. The summed E-state index contributed by atoms with van der Waals surface area (Å²) < 4.78 is 4.27. The first-order chi connectivity index (χ1) is 29.2. The summed E-state index contributed by atoms with van der Waals surface area (Å²) in [7, 11) is 4.05. The third-order valence-corrected chi connectivity index (χ3v) is 10.7. The lowest BCUT2D eigenvalue weighted by Crippen LogP contribution is -2.36. The molecule has 10 nitrogen and oxygen atoms in total. The number of amides is 4. The highest BCUT2D eigenvalue weighted by atomic mass is 16.2. The van der Waals surface area contributed by atoms with Gasteiger partial charge in [0.25, 0.3) is 23.6 Å². The Labute approximate surface area is 347 Å². The summed E-state index contributed by atoms with van der Waals surface area (Å²) in [5.41, 5.74) is 6.93. The van der Waals surface area contributed by atoms with Crippen LogP contribution in [-0.2, 0) is 23.7 Å². The largest absolute Gasteiger partial charge is 0.351 e. The van der Waals surface area contributed by atoms with E-state index >= 15 is 0 Å². The molecule has 4 N–H and O–H groups in total. The molecule has 0 saturated heterocycles. The predicted molar refractivity (Wildman–Crippen MR) is 240 cm³/mol. The second-order valence-corrected chi connectivity index (χ2v) is 14.7. The van der Waals surface area contributed by atoms with Gasteiger partial charge in [-0.2, -0.15) is 0 Å². The number of carbonyl (C=O) groups is 4. The molecule has 4 amide bonds. The molecule has 298 valence electrons. The maximum Gasteiger partial charge on any atom is 0.267 e. The van der Waals surface area contributed by atoms with Gasteiger partial charge in [-0.3, -0.25) is 19.2 Å². The zero-order valence-electron chi connectivity index (χ0n) is 33.4. The molecule has 0 atom stereocenters. The van der Waals surface area contributed by atoms with Gasteiger partial charge in [0, 0.05) is 81.9 Å². The Balaban J connectivity index is 0.942. The molecule has 0 aliphatic carbocycles. The van der Waals surface area contributed by atoms with E-state index in [-0.39, 0.29) is 11.4 Å². The van der Waals surface area contributed by atoms with Crippen molar-refractivity contribution in [3.05, 3.63) is 179 Å². The maximum absolute atomic E-state index is 13.7. The standard InChI is InChI=1S/C50H44N6O4/c1-55-43-21-11-9-19-37(43)39-29-33(23-25-45(39)55)31-41(53-47(57)35-15-5-3-6-16-35)49(59)51-27-13-14-28-52-50(60)42(54-48(58)36-17-7-4-8-18-36)32-34-24-26-46-40(30-34)38-20-10-12-22-44(38)56(46)2/h3-12,15-26,29-32H,13-14,27-28H2,1-2H3,(H,51,59)(H,52,60)(H,53,57)(H,54,58)/b41-31-,42-32-. The second-order valence-electron chi connectivity index (χ2n) is 14.7. The van der Waals surface area contributed by atoms with Gasteiger partial charge >= 0.3 is 0 Å². The third-order valence-electron chi connectivity index (χ3n) is 10.7. The van der Waals surface area contributed by atoms with E-state index in [0.29, 0.717) is 37.1 Å². The van der Waals surface area contributed by atoms with Crippen LogP contribution >= 0.6 is 0 Å². The van der Waals surface area contributed by atoms with Crippen LogP contribution in [0.25, 0.3) is 55.8 Å². The number of nitrogens with one attached hydrogen (secondary N) is 4. The Kier molecular flexibility index (Phi) is 11.4. The van der Waals surface area contributed by atoms with Crippen LogP contribution in [0.15, 0.2) is 157 Å². The topological polar surface area (TPSA) is 126 Å². The Bertz CT molecular complexity index is 2780. The molecule has 6 aromatic carbocycles. The Morgan fingerprint density at radius 2 is 0.817 bits per heavy atom. The predicted octanol–water partition coefficient (Wildman–Crippen LogP) is 8.23. The summed E-state index contributed by atoms with van der Waals surface area (Å²) in [5, 5.41) is 15.8. The van der Waals surface area contributed by atoms with Gasteiger partial charge in [-0.05, 0) is 96.8 Å². The normalized spacial score (nSPS) is 11.9. The number of carbonyl (C=O) groups excluding carboxylic acids is 4. The monoisotopic (exact) mass is 792 g/mol. The van der Waals surface area contributed by atoms with Crippen molar-refractivity contribution in [1.29, 1.82) is 0 Å². The molecule has 2 heterocycles. The summed E-state index contributed by atoms with van der Waals surface area (Å²) in [4.78, 5) is 53.8. The summed E-state index contributed by atoms with van der Waals surface area (Å²) in [5.74, 6) is -1.66. The molecule has 0 saturated carbocycles. The van der Waals surface area contributed by atoms with E-state index in [0.717, 1.165) is 54.7 Å². The highest BCUT2D eigenvalue weighted by molar-refractivity contribution is 6.11. The van der Waals surface area contributed by atoms with E-state index in [1.54, 1.807) is 60.7 Å². The molecule has 8 rings (SSSR count). The number of benzene rings is 6. The Morgan fingerprint density at radius 1 is 0.450 bits per heavy atom. The van der Waals surface area contributed by atoms with Crippen molar-refractivity contribution in [2.24, 2.45) is 14.1 Å². The van der Waals surface area contributed by atoms with Crippen molar-refractivity contribution in [2.45, 2.75) is 12.8 Å². The third kappa shape index (κ3) is 8.30. The highest BCUT2D eigenvalue weighted by Crippen LogP contribution is 2.30. The molecule has 10 heteroatoms. The molecule has 0 spiro atoms. The van der Waals surface area contributed by atoms with Crippen molar-refractivity contribution in [3.8, 4) is 0 Å². The molecule has 0 fully saturated rings. The lowest BCUT2D eigenvalue weighted by atomic mass is 10.1. The van der Waals surface area contributed by atoms with Crippen LogP contribution in [0.2, 0.25) is 0 Å². The SMILES string of the molecule is Cn1c2ccccc2c2cc(/C=C(\NC(=O)c3ccccc3)C(=O)NCCCCNC(=O)/C(=C/c3ccc4c(c3)c3ccccc3n4C)NC(=O)c3ccccc3)ccc21.